The highest BCUT2D eigenvalue weighted by Crippen LogP contribution is 2.47. The third kappa shape index (κ3) is 1.88. The predicted octanol–water partition coefficient (Wildman–Crippen LogP) is 2.47. The number of halogens is 1. The molecule has 4 rings (SSSR count). The van der Waals surface area contributed by atoms with Crippen molar-refractivity contribution in [2.45, 2.75) is 25.7 Å². The molecule has 1 aromatic carbocycles. The van der Waals surface area contributed by atoms with Gasteiger partial charge < -0.3 is 14.8 Å². The van der Waals surface area contributed by atoms with Crippen LogP contribution in [0.4, 0.5) is 0 Å². The van der Waals surface area contributed by atoms with Crippen LogP contribution >= 0.6 is 15.9 Å². The lowest BCUT2D eigenvalue weighted by Gasteiger charge is -2.17. The number of ether oxygens (including phenoxy) is 2. The summed E-state index contributed by atoms with van der Waals surface area (Å²) in [5.41, 5.74) is 4.14. The zero-order valence-corrected chi connectivity index (χ0v) is 12.5. The summed E-state index contributed by atoms with van der Waals surface area (Å²) < 4.78 is 12.9. The van der Waals surface area contributed by atoms with Crippen LogP contribution in [-0.4, -0.2) is 26.3 Å². The molecular weight excluding hydrogens is 306 g/mol. The summed E-state index contributed by atoms with van der Waals surface area (Å²) in [6, 6.07) is 0. The van der Waals surface area contributed by atoms with E-state index in [1.165, 1.54) is 23.1 Å². The van der Waals surface area contributed by atoms with Gasteiger partial charge in [0.1, 0.15) is 11.5 Å². The first kappa shape index (κ1) is 12.0. The predicted molar refractivity (Wildman–Crippen MR) is 77.2 cm³/mol. The van der Waals surface area contributed by atoms with Crippen LogP contribution in [0, 0.1) is 5.92 Å². The molecule has 1 fully saturated rings. The van der Waals surface area contributed by atoms with E-state index in [0.29, 0.717) is 0 Å². The maximum Gasteiger partial charge on any atom is 0.137 e. The van der Waals surface area contributed by atoms with E-state index in [4.69, 9.17) is 9.47 Å². The van der Waals surface area contributed by atoms with E-state index < -0.39 is 0 Å². The fraction of sp³-hybridized carbons (Fsp3) is 0.600. The third-order valence-corrected chi connectivity index (χ3v) is 5.34. The Hall–Kier alpha value is -0.740. The zero-order chi connectivity index (χ0) is 12.8. The molecule has 1 saturated heterocycles. The van der Waals surface area contributed by atoms with Gasteiger partial charge in [-0.3, -0.25) is 0 Å². The van der Waals surface area contributed by atoms with Crippen LogP contribution in [0.2, 0.25) is 0 Å². The normalized spacial score (nSPS) is 23.9. The molecule has 0 radical (unpaired) electrons. The fourth-order valence-electron chi connectivity index (χ4n) is 3.54. The fourth-order valence-corrected chi connectivity index (χ4v) is 4.27. The maximum atomic E-state index is 5.94. The second-order valence-electron chi connectivity index (χ2n) is 5.67. The highest BCUT2D eigenvalue weighted by Gasteiger charge is 2.31. The van der Waals surface area contributed by atoms with Gasteiger partial charge in [-0.15, -0.1) is 0 Å². The molecule has 0 spiro atoms. The molecule has 19 heavy (non-hydrogen) atoms. The maximum absolute atomic E-state index is 5.94. The van der Waals surface area contributed by atoms with Crippen LogP contribution in [0.25, 0.3) is 0 Å². The first-order chi connectivity index (χ1) is 9.34. The second kappa shape index (κ2) is 4.67. The van der Waals surface area contributed by atoms with Crippen molar-refractivity contribution in [3.05, 3.63) is 21.2 Å². The molecule has 0 aromatic heterocycles. The minimum absolute atomic E-state index is 0.749. The van der Waals surface area contributed by atoms with Gasteiger partial charge in [-0.2, -0.15) is 0 Å². The van der Waals surface area contributed by atoms with Crippen LogP contribution in [0.3, 0.4) is 0 Å². The third-order valence-electron chi connectivity index (χ3n) is 4.50. The van der Waals surface area contributed by atoms with Crippen molar-refractivity contribution in [3.63, 3.8) is 0 Å². The molecule has 3 nitrogen and oxygen atoms in total. The summed E-state index contributed by atoms with van der Waals surface area (Å²) in [6.07, 6.45) is 4.44. The van der Waals surface area contributed by atoms with Gasteiger partial charge in [-0.05, 0) is 47.8 Å². The molecule has 102 valence electrons. The number of fused-ring (bicyclic) bond motifs is 2. The Bertz CT molecular complexity index is 488. The van der Waals surface area contributed by atoms with Crippen molar-refractivity contribution in [2.75, 3.05) is 26.3 Å². The summed E-state index contributed by atoms with van der Waals surface area (Å²) in [6.45, 7) is 3.92. The minimum Gasteiger partial charge on any atom is -0.493 e. The van der Waals surface area contributed by atoms with Crippen LogP contribution in [0.15, 0.2) is 4.47 Å². The van der Waals surface area contributed by atoms with E-state index in [0.717, 1.165) is 67.5 Å². The first-order valence-corrected chi connectivity index (χ1v) is 7.96. The molecule has 0 bridgehead atoms. The van der Waals surface area contributed by atoms with Crippen molar-refractivity contribution in [2.24, 2.45) is 5.92 Å². The molecule has 1 unspecified atom stereocenters. The van der Waals surface area contributed by atoms with E-state index >= 15 is 0 Å². The van der Waals surface area contributed by atoms with E-state index in [2.05, 4.69) is 21.2 Å². The average Bonchev–Trinajstić information content (AvgIpc) is 3.13. The van der Waals surface area contributed by atoms with Gasteiger partial charge in [-0.25, -0.2) is 0 Å². The molecule has 0 saturated carbocycles. The number of benzene rings is 1. The standard InChI is InChI=1S/C15H18BrNO2/c16-13-11-3-6-18-14(11)12(7-9-1-4-17-8-9)10-2-5-19-15(10)13/h9,17H,1-8H2. The Morgan fingerprint density at radius 2 is 1.89 bits per heavy atom. The Morgan fingerprint density at radius 3 is 2.68 bits per heavy atom. The summed E-state index contributed by atoms with van der Waals surface area (Å²) in [4.78, 5) is 0. The van der Waals surface area contributed by atoms with Crippen molar-refractivity contribution in [1.82, 2.24) is 5.32 Å². The van der Waals surface area contributed by atoms with Crippen LogP contribution in [0.5, 0.6) is 11.5 Å². The Labute approximate surface area is 121 Å². The van der Waals surface area contributed by atoms with Crippen LogP contribution in [-0.2, 0) is 19.3 Å². The molecule has 4 heteroatoms. The first-order valence-electron chi connectivity index (χ1n) is 7.17. The number of rotatable bonds is 2. The van der Waals surface area contributed by atoms with Crippen LogP contribution in [0.1, 0.15) is 23.1 Å². The lowest BCUT2D eigenvalue weighted by molar-refractivity contribution is 0.351. The van der Waals surface area contributed by atoms with Gasteiger partial charge in [0.2, 0.25) is 0 Å². The molecular formula is C15H18BrNO2. The summed E-state index contributed by atoms with van der Waals surface area (Å²) in [5, 5.41) is 3.46. The Kier molecular flexibility index (Phi) is 2.96. The van der Waals surface area contributed by atoms with Crippen molar-refractivity contribution >= 4 is 15.9 Å². The van der Waals surface area contributed by atoms with E-state index in [-0.39, 0.29) is 0 Å². The molecule has 1 aromatic rings. The molecule has 0 aliphatic carbocycles. The highest BCUT2D eigenvalue weighted by atomic mass is 79.9. The van der Waals surface area contributed by atoms with Crippen LogP contribution < -0.4 is 14.8 Å². The number of nitrogens with one attached hydrogen (secondary N) is 1. The highest BCUT2D eigenvalue weighted by molar-refractivity contribution is 9.10. The van der Waals surface area contributed by atoms with Gasteiger partial charge in [0.15, 0.2) is 0 Å². The summed E-state index contributed by atoms with van der Waals surface area (Å²) >= 11 is 3.71. The average molecular weight is 324 g/mol. The SMILES string of the molecule is Brc1c2c(c(CC3CCNC3)c3c1OCC3)OCC2. The summed E-state index contributed by atoms with van der Waals surface area (Å²) in [5.74, 6) is 2.99. The van der Waals surface area contributed by atoms with Crippen molar-refractivity contribution < 1.29 is 9.47 Å². The second-order valence-corrected chi connectivity index (χ2v) is 6.46. The lowest BCUT2D eigenvalue weighted by Crippen LogP contribution is -2.12. The topological polar surface area (TPSA) is 30.5 Å². The molecule has 1 atom stereocenters. The Balaban J connectivity index is 1.80. The van der Waals surface area contributed by atoms with E-state index in [1.54, 1.807) is 0 Å². The van der Waals surface area contributed by atoms with Gasteiger partial charge in [-0.1, -0.05) is 0 Å². The number of hydrogen-bond donors (Lipinski definition) is 1. The smallest absolute Gasteiger partial charge is 0.137 e. The van der Waals surface area contributed by atoms with Crippen molar-refractivity contribution in [3.8, 4) is 11.5 Å². The van der Waals surface area contributed by atoms with Gasteiger partial charge in [0.05, 0.1) is 17.7 Å². The zero-order valence-electron chi connectivity index (χ0n) is 10.9. The molecule has 3 heterocycles. The van der Waals surface area contributed by atoms with E-state index in [9.17, 15) is 0 Å². The molecule has 3 aliphatic rings. The van der Waals surface area contributed by atoms with E-state index in [1.807, 2.05) is 0 Å². The van der Waals surface area contributed by atoms with Crippen molar-refractivity contribution in [1.29, 1.82) is 0 Å². The molecule has 1 N–H and O–H groups in total. The largest absolute Gasteiger partial charge is 0.493 e. The molecule has 3 aliphatic heterocycles. The number of hydrogen-bond acceptors (Lipinski definition) is 3. The molecule has 0 amide bonds. The lowest BCUT2D eigenvalue weighted by atomic mass is 9.91. The monoisotopic (exact) mass is 323 g/mol. The van der Waals surface area contributed by atoms with Gasteiger partial charge in [0, 0.05) is 29.5 Å². The quantitative estimate of drug-likeness (QED) is 0.907. The van der Waals surface area contributed by atoms with Gasteiger partial charge >= 0.3 is 0 Å². The Morgan fingerprint density at radius 1 is 1.11 bits per heavy atom. The minimum atomic E-state index is 0.749. The summed E-state index contributed by atoms with van der Waals surface area (Å²) in [7, 11) is 0. The van der Waals surface area contributed by atoms with Gasteiger partial charge in [0.25, 0.3) is 0 Å².